The Morgan fingerprint density at radius 3 is 3.06 bits per heavy atom. The number of primary amides is 1. The van der Waals surface area contributed by atoms with Crippen LogP contribution in [0.25, 0.3) is 0 Å². The molecule has 1 atom stereocenters. The van der Waals surface area contributed by atoms with Crippen molar-refractivity contribution >= 4 is 17.4 Å². The fourth-order valence-electron chi connectivity index (χ4n) is 1.86. The zero-order valence-corrected chi connectivity index (χ0v) is 10.00. The molecule has 0 aliphatic carbocycles. The second kappa shape index (κ2) is 5.05. The predicted molar refractivity (Wildman–Crippen MR) is 64.1 cm³/mol. The maximum atomic E-state index is 11.4. The van der Waals surface area contributed by atoms with Gasteiger partial charge in [0, 0.05) is 6.54 Å². The van der Waals surface area contributed by atoms with Gasteiger partial charge in [-0.2, -0.15) is 4.98 Å². The van der Waals surface area contributed by atoms with Crippen molar-refractivity contribution in [2.24, 2.45) is 5.73 Å². The van der Waals surface area contributed by atoms with E-state index >= 15 is 0 Å². The highest BCUT2D eigenvalue weighted by molar-refractivity contribution is 5.85. The smallest absolute Gasteiger partial charge is 0.242 e. The number of hydrogen-bond acceptors (Lipinski definition) is 7. The minimum Gasteiger partial charge on any atom is -0.479 e. The van der Waals surface area contributed by atoms with E-state index in [-0.39, 0.29) is 18.2 Å². The molecule has 1 aliphatic heterocycles. The maximum absolute atomic E-state index is 11.4. The lowest BCUT2D eigenvalue weighted by molar-refractivity contribution is -0.121. The molecule has 1 aromatic heterocycles. The van der Waals surface area contributed by atoms with Gasteiger partial charge in [0.15, 0.2) is 5.82 Å². The molecule has 8 nitrogen and oxygen atoms in total. The molecule has 8 heteroatoms. The van der Waals surface area contributed by atoms with Crippen molar-refractivity contribution in [1.82, 2.24) is 9.97 Å². The van der Waals surface area contributed by atoms with E-state index in [0.29, 0.717) is 19.0 Å². The first-order valence-electron chi connectivity index (χ1n) is 5.43. The molecule has 0 saturated carbocycles. The number of hydrogen-bond donors (Lipinski definition) is 2. The highest BCUT2D eigenvalue weighted by atomic mass is 16.5. The molecule has 0 radical (unpaired) electrons. The minimum absolute atomic E-state index is 0.223. The minimum atomic E-state index is -0.583. The van der Waals surface area contributed by atoms with E-state index in [1.165, 1.54) is 13.4 Å². The Kier molecular flexibility index (Phi) is 3.47. The first kappa shape index (κ1) is 12.4. The second-order valence-corrected chi connectivity index (χ2v) is 3.81. The number of methoxy groups -OCH3 is 1. The normalized spacial score (nSPS) is 19.6. The molecule has 0 spiro atoms. The SMILES string of the molecule is COc1ncnc(N2CCOCC2C(N)=O)c1N. The van der Waals surface area contributed by atoms with Gasteiger partial charge in [0.25, 0.3) is 0 Å². The molecule has 1 fully saturated rings. The molecule has 18 heavy (non-hydrogen) atoms. The monoisotopic (exact) mass is 253 g/mol. The van der Waals surface area contributed by atoms with Crippen LogP contribution in [0.1, 0.15) is 0 Å². The molecule has 1 aliphatic rings. The number of nitrogen functional groups attached to an aromatic ring is 1. The Hall–Kier alpha value is -2.09. The van der Waals surface area contributed by atoms with Crippen molar-refractivity contribution in [3.63, 3.8) is 0 Å². The van der Waals surface area contributed by atoms with Crippen molar-refractivity contribution in [3.8, 4) is 5.88 Å². The number of carbonyl (C=O) groups is 1. The van der Waals surface area contributed by atoms with Crippen molar-refractivity contribution in [3.05, 3.63) is 6.33 Å². The molecule has 1 saturated heterocycles. The molecular weight excluding hydrogens is 238 g/mol. The highest BCUT2D eigenvalue weighted by Gasteiger charge is 2.30. The van der Waals surface area contributed by atoms with Gasteiger partial charge >= 0.3 is 0 Å². The summed E-state index contributed by atoms with van der Waals surface area (Å²) in [6.45, 7) is 1.19. The van der Waals surface area contributed by atoms with Gasteiger partial charge in [-0.15, -0.1) is 0 Å². The average Bonchev–Trinajstić information content (AvgIpc) is 2.39. The fraction of sp³-hybridized carbons (Fsp3) is 0.500. The summed E-state index contributed by atoms with van der Waals surface area (Å²) in [6, 6.07) is -0.583. The lowest BCUT2D eigenvalue weighted by Crippen LogP contribution is -2.53. The van der Waals surface area contributed by atoms with Gasteiger partial charge in [0.05, 0.1) is 20.3 Å². The summed E-state index contributed by atoms with van der Waals surface area (Å²) in [7, 11) is 1.47. The number of aromatic nitrogens is 2. The predicted octanol–water partition coefficient (Wildman–Crippen LogP) is -1.24. The van der Waals surface area contributed by atoms with E-state index in [4.69, 9.17) is 20.9 Å². The van der Waals surface area contributed by atoms with Gasteiger partial charge in [-0.3, -0.25) is 4.79 Å². The van der Waals surface area contributed by atoms with Crippen LogP contribution in [0.15, 0.2) is 6.33 Å². The summed E-state index contributed by atoms with van der Waals surface area (Å²) >= 11 is 0. The summed E-state index contributed by atoms with van der Waals surface area (Å²) in [4.78, 5) is 21.1. The van der Waals surface area contributed by atoms with Crippen molar-refractivity contribution in [2.45, 2.75) is 6.04 Å². The van der Waals surface area contributed by atoms with Crippen LogP contribution in [0.2, 0.25) is 0 Å². The number of ether oxygens (including phenoxy) is 2. The molecule has 2 rings (SSSR count). The lowest BCUT2D eigenvalue weighted by atomic mass is 10.2. The molecule has 0 aromatic carbocycles. The van der Waals surface area contributed by atoms with Gasteiger partial charge < -0.3 is 25.8 Å². The van der Waals surface area contributed by atoms with Crippen LogP contribution in [0.5, 0.6) is 5.88 Å². The van der Waals surface area contributed by atoms with Gasteiger partial charge in [0.2, 0.25) is 11.8 Å². The summed E-state index contributed by atoms with van der Waals surface area (Å²) < 4.78 is 10.3. The summed E-state index contributed by atoms with van der Waals surface area (Å²) in [5.74, 6) is 0.232. The lowest BCUT2D eigenvalue weighted by Gasteiger charge is -2.34. The molecule has 1 unspecified atom stereocenters. The van der Waals surface area contributed by atoms with E-state index in [0.717, 1.165) is 0 Å². The van der Waals surface area contributed by atoms with Gasteiger partial charge in [-0.05, 0) is 0 Å². The summed E-state index contributed by atoms with van der Waals surface area (Å²) in [5.41, 5.74) is 11.5. The highest BCUT2D eigenvalue weighted by Crippen LogP contribution is 2.29. The standard InChI is InChI=1S/C10H15N5O3/c1-17-10-7(11)9(13-5-14-10)15-2-3-18-4-6(15)8(12)16/h5-6H,2-4,11H2,1H3,(H2,12,16). The van der Waals surface area contributed by atoms with Gasteiger partial charge in [0.1, 0.15) is 18.1 Å². The summed E-state index contributed by atoms with van der Waals surface area (Å²) in [5, 5.41) is 0. The van der Waals surface area contributed by atoms with Gasteiger partial charge in [-0.25, -0.2) is 4.98 Å². The van der Waals surface area contributed by atoms with Crippen LogP contribution < -0.4 is 21.1 Å². The average molecular weight is 253 g/mol. The number of rotatable bonds is 3. The van der Waals surface area contributed by atoms with Crippen LogP contribution in [0, 0.1) is 0 Å². The Morgan fingerprint density at radius 1 is 1.61 bits per heavy atom. The number of nitrogens with two attached hydrogens (primary N) is 2. The number of carbonyl (C=O) groups excluding carboxylic acids is 1. The molecule has 0 bridgehead atoms. The third kappa shape index (κ3) is 2.14. The molecule has 1 aromatic rings. The number of nitrogens with zero attached hydrogens (tertiary/aromatic N) is 3. The van der Waals surface area contributed by atoms with E-state index in [1.54, 1.807) is 4.90 Å². The zero-order chi connectivity index (χ0) is 13.1. The van der Waals surface area contributed by atoms with Crippen LogP contribution in [0.3, 0.4) is 0 Å². The number of anilines is 2. The third-order valence-electron chi connectivity index (χ3n) is 2.75. The topological polar surface area (TPSA) is 117 Å². The molecule has 98 valence electrons. The van der Waals surface area contributed by atoms with E-state index in [9.17, 15) is 4.79 Å². The Morgan fingerprint density at radius 2 is 2.39 bits per heavy atom. The molecule has 1 amide bonds. The van der Waals surface area contributed by atoms with Gasteiger partial charge in [-0.1, -0.05) is 0 Å². The number of amides is 1. The third-order valence-corrected chi connectivity index (χ3v) is 2.75. The first-order valence-corrected chi connectivity index (χ1v) is 5.43. The first-order chi connectivity index (χ1) is 8.65. The molecule has 4 N–H and O–H groups in total. The van der Waals surface area contributed by atoms with E-state index in [2.05, 4.69) is 9.97 Å². The largest absolute Gasteiger partial charge is 0.479 e. The van der Waals surface area contributed by atoms with Crippen LogP contribution >= 0.6 is 0 Å². The molecular formula is C10H15N5O3. The van der Waals surface area contributed by atoms with Crippen molar-refractivity contribution < 1.29 is 14.3 Å². The van der Waals surface area contributed by atoms with Crippen molar-refractivity contribution in [2.75, 3.05) is 37.5 Å². The Balaban J connectivity index is 2.36. The Bertz CT molecular complexity index is 453. The quantitative estimate of drug-likeness (QED) is 0.691. The van der Waals surface area contributed by atoms with Crippen LogP contribution in [-0.2, 0) is 9.53 Å². The van der Waals surface area contributed by atoms with E-state index in [1.807, 2.05) is 0 Å². The molecule has 2 heterocycles. The maximum Gasteiger partial charge on any atom is 0.242 e. The fourth-order valence-corrected chi connectivity index (χ4v) is 1.86. The van der Waals surface area contributed by atoms with Crippen LogP contribution in [-0.4, -0.2) is 48.8 Å². The zero-order valence-electron chi connectivity index (χ0n) is 10.00. The number of morpholine rings is 1. The van der Waals surface area contributed by atoms with E-state index < -0.39 is 11.9 Å². The van der Waals surface area contributed by atoms with Crippen LogP contribution in [0.4, 0.5) is 11.5 Å². The summed E-state index contributed by atoms with van der Waals surface area (Å²) in [6.07, 6.45) is 1.33. The van der Waals surface area contributed by atoms with Crippen molar-refractivity contribution in [1.29, 1.82) is 0 Å². The Labute approximate surface area is 104 Å². The second-order valence-electron chi connectivity index (χ2n) is 3.81.